The van der Waals surface area contributed by atoms with E-state index in [1.807, 2.05) is 79.0 Å². The van der Waals surface area contributed by atoms with Crippen LogP contribution in [0.15, 0.2) is 76.1 Å². The quantitative estimate of drug-likeness (QED) is 0.154. The first-order chi connectivity index (χ1) is 18.4. The first kappa shape index (κ1) is 26.4. The van der Waals surface area contributed by atoms with Gasteiger partial charge in [0.1, 0.15) is 4.32 Å². The zero-order chi connectivity index (χ0) is 26.6. The molecule has 2 aromatic carbocycles. The average Bonchev–Trinajstić information content (AvgIpc) is 3.60. The summed E-state index contributed by atoms with van der Waals surface area (Å²) in [5.74, 6) is -0.523. The number of thiophene rings is 1. The van der Waals surface area contributed by atoms with Gasteiger partial charge >= 0.3 is 0 Å². The van der Waals surface area contributed by atoms with Crippen LogP contribution < -0.4 is 5.32 Å². The second-order valence-corrected chi connectivity index (χ2v) is 12.0. The van der Waals surface area contributed by atoms with Crippen molar-refractivity contribution in [2.75, 3.05) is 17.6 Å². The molecule has 2 amide bonds. The maximum absolute atomic E-state index is 13.4. The summed E-state index contributed by atoms with van der Waals surface area (Å²) in [6, 6.07) is 18.8. The fourth-order valence-corrected chi connectivity index (χ4v) is 6.76. The Kier molecular flexibility index (Phi) is 8.08. The van der Waals surface area contributed by atoms with Gasteiger partial charge in [-0.2, -0.15) is 0 Å². The summed E-state index contributed by atoms with van der Waals surface area (Å²) in [5.41, 5.74) is 3.08. The van der Waals surface area contributed by atoms with Crippen molar-refractivity contribution in [3.8, 4) is 0 Å². The molecule has 4 aromatic rings. The molecule has 11 heteroatoms. The van der Waals surface area contributed by atoms with Crippen molar-refractivity contribution < 1.29 is 14.4 Å². The van der Waals surface area contributed by atoms with Crippen molar-refractivity contribution in [3.63, 3.8) is 0 Å². The number of anilines is 1. The van der Waals surface area contributed by atoms with Crippen molar-refractivity contribution in [1.82, 2.24) is 14.5 Å². The number of nitrogens with zero attached hydrogens (tertiary/aromatic N) is 3. The molecule has 1 saturated heterocycles. The summed E-state index contributed by atoms with van der Waals surface area (Å²) >= 11 is 9.41. The molecule has 1 N–H and O–H groups in total. The summed E-state index contributed by atoms with van der Waals surface area (Å²) in [6.45, 7) is 2.12. The second-order valence-electron chi connectivity index (χ2n) is 8.42. The number of amides is 2. The third-order valence-corrected chi connectivity index (χ3v) is 8.79. The normalized spacial score (nSPS) is 14.6. The highest BCUT2D eigenvalue weighted by molar-refractivity contribution is 8.26. The van der Waals surface area contributed by atoms with Gasteiger partial charge in [-0.1, -0.05) is 66.1 Å². The van der Waals surface area contributed by atoms with Crippen LogP contribution >= 0.6 is 47.1 Å². The Morgan fingerprint density at radius 1 is 1.13 bits per heavy atom. The van der Waals surface area contributed by atoms with Crippen LogP contribution in [0.5, 0.6) is 0 Å². The van der Waals surface area contributed by atoms with Crippen LogP contribution in [-0.2, 0) is 9.59 Å². The second kappa shape index (κ2) is 11.6. The molecule has 0 atom stereocenters. The van der Waals surface area contributed by atoms with E-state index in [1.54, 1.807) is 11.3 Å². The van der Waals surface area contributed by atoms with Crippen molar-refractivity contribution in [3.05, 3.63) is 81.4 Å². The maximum atomic E-state index is 13.4. The lowest BCUT2D eigenvalue weighted by Crippen LogP contribution is -2.31. The Morgan fingerprint density at radius 2 is 1.97 bits per heavy atom. The van der Waals surface area contributed by atoms with Gasteiger partial charge in [0.2, 0.25) is 11.8 Å². The zero-order valence-electron chi connectivity index (χ0n) is 20.2. The van der Waals surface area contributed by atoms with Crippen molar-refractivity contribution in [2.24, 2.45) is 0 Å². The molecule has 0 bridgehead atoms. The van der Waals surface area contributed by atoms with Crippen LogP contribution in [0, 0.1) is 6.92 Å². The standard InChI is InChI=1S/C27H22N4O3S4/c1-17-6-4-7-18(14-17)28-23(32)16-37-26-29-20-9-2-3-10-21(20)31(26)24(33)11-12-30-25(34)22(38-27(30)35)15-19-8-5-13-36-19/h2-10,13-15H,11-12,16H2,1H3,(H,28,32). The number of fused-ring (bicyclic) bond motifs is 1. The van der Waals surface area contributed by atoms with E-state index in [2.05, 4.69) is 10.3 Å². The van der Waals surface area contributed by atoms with Gasteiger partial charge in [-0.25, -0.2) is 4.98 Å². The van der Waals surface area contributed by atoms with Crippen LogP contribution in [0.3, 0.4) is 0 Å². The van der Waals surface area contributed by atoms with Crippen molar-refractivity contribution in [2.45, 2.75) is 18.5 Å². The van der Waals surface area contributed by atoms with E-state index in [1.165, 1.54) is 33.0 Å². The number of imidazole rings is 1. The lowest BCUT2D eigenvalue weighted by atomic mass is 10.2. The average molecular weight is 579 g/mol. The molecule has 7 nitrogen and oxygen atoms in total. The van der Waals surface area contributed by atoms with Gasteiger partial charge in [-0.15, -0.1) is 11.3 Å². The molecule has 0 aliphatic carbocycles. The highest BCUT2D eigenvalue weighted by Crippen LogP contribution is 2.33. The van der Waals surface area contributed by atoms with E-state index >= 15 is 0 Å². The number of carbonyl (C=O) groups excluding carboxylic acids is 3. The van der Waals surface area contributed by atoms with E-state index < -0.39 is 0 Å². The fourth-order valence-electron chi connectivity index (χ4n) is 3.91. The Bertz CT molecular complexity index is 1580. The number of nitrogens with one attached hydrogen (secondary N) is 1. The lowest BCUT2D eigenvalue weighted by Gasteiger charge is -2.14. The zero-order valence-corrected chi connectivity index (χ0v) is 23.5. The van der Waals surface area contributed by atoms with Crippen molar-refractivity contribution in [1.29, 1.82) is 0 Å². The minimum Gasteiger partial charge on any atom is -0.325 e. The highest BCUT2D eigenvalue weighted by Gasteiger charge is 2.32. The minimum atomic E-state index is -0.225. The fraction of sp³-hybridized carbons (Fsp3) is 0.148. The number of benzene rings is 2. The smallest absolute Gasteiger partial charge is 0.266 e. The number of carbonyl (C=O) groups is 3. The Morgan fingerprint density at radius 3 is 2.76 bits per heavy atom. The van der Waals surface area contributed by atoms with Crippen LogP contribution in [0.25, 0.3) is 17.1 Å². The molecular formula is C27H22N4O3S4. The van der Waals surface area contributed by atoms with Crippen LogP contribution in [0.1, 0.15) is 21.7 Å². The molecule has 1 fully saturated rings. The van der Waals surface area contributed by atoms with E-state index in [0.29, 0.717) is 25.4 Å². The van der Waals surface area contributed by atoms with Gasteiger partial charge < -0.3 is 5.32 Å². The molecule has 38 heavy (non-hydrogen) atoms. The first-order valence-corrected chi connectivity index (χ1v) is 14.8. The monoisotopic (exact) mass is 578 g/mol. The molecule has 0 saturated carbocycles. The number of hydrogen-bond acceptors (Lipinski definition) is 8. The molecule has 1 aliphatic rings. The minimum absolute atomic E-state index is 0.0577. The number of thiocarbonyl (C=S) groups is 1. The van der Waals surface area contributed by atoms with Gasteiger partial charge in [-0.05, 0) is 54.3 Å². The molecule has 0 spiro atoms. The predicted molar refractivity (Wildman–Crippen MR) is 160 cm³/mol. The number of para-hydroxylation sites is 2. The molecule has 0 unspecified atom stereocenters. The Balaban J connectivity index is 1.28. The van der Waals surface area contributed by atoms with E-state index in [-0.39, 0.29) is 36.4 Å². The van der Waals surface area contributed by atoms with Crippen LogP contribution in [-0.4, -0.2) is 48.8 Å². The molecule has 0 radical (unpaired) electrons. The number of rotatable bonds is 8. The lowest BCUT2D eigenvalue weighted by molar-refractivity contribution is -0.122. The van der Waals surface area contributed by atoms with E-state index in [4.69, 9.17) is 12.2 Å². The number of hydrogen-bond donors (Lipinski definition) is 1. The first-order valence-electron chi connectivity index (χ1n) is 11.7. The van der Waals surface area contributed by atoms with E-state index in [9.17, 15) is 14.4 Å². The van der Waals surface area contributed by atoms with Crippen LogP contribution in [0.4, 0.5) is 5.69 Å². The molecule has 192 valence electrons. The third-order valence-electron chi connectivity index (χ3n) is 5.65. The van der Waals surface area contributed by atoms with Gasteiger partial charge in [0.25, 0.3) is 5.91 Å². The summed E-state index contributed by atoms with van der Waals surface area (Å²) < 4.78 is 1.96. The van der Waals surface area contributed by atoms with Crippen molar-refractivity contribution >= 4 is 91.9 Å². The topological polar surface area (TPSA) is 84.3 Å². The van der Waals surface area contributed by atoms with Crippen LogP contribution in [0.2, 0.25) is 0 Å². The summed E-state index contributed by atoms with van der Waals surface area (Å²) in [5, 5.41) is 5.26. The van der Waals surface area contributed by atoms with Gasteiger partial charge in [0.05, 0.1) is 21.7 Å². The largest absolute Gasteiger partial charge is 0.325 e. The number of thioether (sulfide) groups is 2. The van der Waals surface area contributed by atoms with E-state index in [0.717, 1.165) is 16.1 Å². The molecule has 3 heterocycles. The molecule has 1 aliphatic heterocycles. The number of aryl methyl sites for hydroxylation is 1. The summed E-state index contributed by atoms with van der Waals surface area (Å²) in [7, 11) is 0. The van der Waals surface area contributed by atoms with Gasteiger partial charge in [0.15, 0.2) is 5.16 Å². The molecular weight excluding hydrogens is 557 g/mol. The Hall–Kier alpha value is -3.25. The summed E-state index contributed by atoms with van der Waals surface area (Å²) in [4.78, 5) is 46.6. The SMILES string of the molecule is Cc1cccc(NC(=O)CSc2nc3ccccc3n2C(=O)CCN2C(=O)C(=Cc3cccs3)SC2=S)c1. The third kappa shape index (κ3) is 5.91. The van der Waals surface area contributed by atoms with Gasteiger partial charge in [-0.3, -0.25) is 23.9 Å². The number of aromatic nitrogens is 2. The maximum Gasteiger partial charge on any atom is 0.266 e. The van der Waals surface area contributed by atoms with Gasteiger partial charge in [0, 0.05) is 23.5 Å². The molecule has 5 rings (SSSR count). The summed E-state index contributed by atoms with van der Waals surface area (Å²) in [6.07, 6.45) is 1.88. The molecule has 2 aromatic heterocycles. The Labute approximate surface area is 237 Å². The predicted octanol–water partition coefficient (Wildman–Crippen LogP) is 6.07. The highest BCUT2D eigenvalue weighted by atomic mass is 32.2.